The Hall–Kier alpha value is -3.13. The molecule has 0 saturated carbocycles. The third-order valence-electron chi connectivity index (χ3n) is 4.51. The molecule has 3 rings (SSSR count). The first-order valence-electron chi connectivity index (χ1n) is 8.80. The molecule has 0 aromatic heterocycles. The Kier molecular flexibility index (Phi) is 5.79. The van der Waals surface area contributed by atoms with Crippen molar-refractivity contribution in [3.05, 3.63) is 46.8 Å². The maximum Gasteiger partial charge on any atom is 0.255 e. The number of amides is 2. The molecule has 1 aliphatic rings. The average Bonchev–Trinajstić information content (AvgIpc) is 2.69. The number of fused-ring (bicyclic) bond motifs is 1. The van der Waals surface area contributed by atoms with Crippen molar-refractivity contribution in [1.82, 2.24) is 5.32 Å². The number of carbonyl (C=O) groups is 2. The number of rotatable bonds is 5. The molecule has 0 fully saturated rings. The fourth-order valence-electron chi connectivity index (χ4n) is 3.20. The summed E-state index contributed by atoms with van der Waals surface area (Å²) in [5.74, 6) is -0.708. The molecule has 3 N–H and O–H groups in total. The van der Waals surface area contributed by atoms with Crippen molar-refractivity contribution in [1.29, 1.82) is 0 Å². The average molecular weight is 387 g/mol. The van der Waals surface area contributed by atoms with Crippen molar-refractivity contribution < 1.29 is 23.5 Å². The lowest BCUT2D eigenvalue weighted by molar-refractivity contribution is -0.114. The first-order chi connectivity index (χ1) is 13.4. The van der Waals surface area contributed by atoms with Crippen LogP contribution in [-0.4, -0.2) is 32.6 Å². The van der Waals surface area contributed by atoms with E-state index < -0.39 is 11.7 Å². The van der Waals surface area contributed by atoms with Gasteiger partial charge in [0.25, 0.3) is 5.91 Å². The van der Waals surface area contributed by atoms with Gasteiger partial charge in [0, 0.05) is 19.0 Å². The summed E-state index contributed by atoms with van der Waals surface area (Å²) in [5, 5.41) is 8.39. The highest BCUT2D eigenvalue weighted by Crippen LogP contribution is 2.37. The van der Waals surface area contributed by atoms with Crippen molar-refractivity contribution in [2.45, 2.75) is 19.9 Å². The summed E-state index contributed by atoms with van der Waals surface area (Å²) in [5.41, 5.74) is 2.10. The first-order valence-corrected chi connectivity index (χ1v) is 8.80. The summed E-state index contributed by atoms with van der Waals surface area (Å²) >= 11 is 0. The summed E-state index contributed by atoms with van der Waals surface area (Å²) in [7, 11) is 2.86. The second-order valence-corrected chi connectivity index (χ2v) is 6.39. The molecule has 0 aliphatic carbocycles. The van der Waals surface area contributed by atoms with Crippen molar-refractivity contribution in [2.75, 3.05) is 31.4 Å². The summed E-state index contributed by atoms with van der Waals surface area (Å²) in [6.07, 6.45) is 0.563. The minimum atomic E-state index is -0.527. The van der Waals surface area contributed by atoms with Gasteiger partial charge in [-0.2, -0.15) is 0 Å². The van der Waals surface area contributed by atoms with Gasteiger partial charge in [0.15, 0.2) is 11.5 Å². The summed E-state index contributed by atoms with van der Waals surface area (Å²) in [6.45, 7) is 2.64. The van der Waals surface area contributed by atoms with Crippen LogP contribution in [0.15, 0.2) is 24.3 Å². The van der Waals surface area contributed by atoms with Crippen LogP contribution in [0.4, 0.5) is 15.8 Å². The molecule has 1 heterocycles. The van der Waals surface area contributed by atoms with Crippen molar-refractivity contribution >= 4 is 23.2 Å². The van der Waals surface area contributed by atoms with Crippen LogP contribution >= 0.6 is 0 Å². The van der Waals surface area contributed by atoms with Crippen molar-refractivity contribution in [2.24, 2.45) is 0 Å². The van der Waals surface area contributed by atoms with E-state index in [4.69, 9.17) is 9.47 Å². The van der Waals surface area contributed by atoms with Gasteiger partial charge in [0.1, 0.15) is 5.82 Å². The van der Waals surface area contributed by atoms with E-state index in [0.29, 0.717) is 30.8 Å². The van der Waals surface area contributed by atoms with E-state index in [9.17, 15) is 14.0 Å². The molecule has 2 aromatic rings. The lowest BCUT2D eigenvalue weighted by Gasteiger charge is -2.20. The van der Waals surface area contributed by atoms with Gasteiger partial charge in [-0.1, -0.05) is 6.07 Å². The molecule has 2 amide bonds. The molecule has 0 unspecified atom stereocenters. The molecule has 0 saturated heterocycles. The highest BCUT2D eigenvalue weighted by molar-refractivity contribution is 6.06. The Morgan fingerprint density at radius 2 is 1.89 bits per heavy atom. The SMILES string of the molecule is COc1cc(C(=O)Nc2ccc3c(c2F)CCNC3)cc(NC(C)=O)c1OC. The third-order valence-corrected chi connectivity index (χ3v) is 4.51. The molecule has 0 spiro atoms. The van der Waals surface area contributed by atoms with Crippen LogP contribution in [0.2, 0.25) is 0 Å². The second kappa shape index (κ2) is 8.26. The molecule has 0 atom stereocenters. The van der Waals surface area contributed by atoms with Gasteiger partial charge in [-0.3, -0.25) is 9.59 Å². The minimum absolute atomic E-state index is 0.113. The van der Waals surface area contributed by atoms with Crippen LogP contribution in [0, 0.1) is 5.82 Å². The number of nitrogens with one attached hydrogen (secondary N) is 3. The zero-order valence-electron chi connectivity index (χ0n) is 15.9. The van der Waals surface area contributed by atoms with Crippen LogP contribution in [0.25, 0.3) is 0 Å². The number of anilines is 2. The number of methoxy groups -OCH3 is 2. The fraction of sp³-hybridized carbons (Fsp3) is 0.300. The third kappa shape index (κ3) is 3.91. The molecule has 1 aliphatic heterocycles. The Morgan fingerprint density at radius 1 is 1.11 bits per heavy atom. The maximum absolute atomic E-state index is 14.8. The zero-order valence-corrected chi connectivity index (χ0v) is 15.9. The monoisotopic (exact) mass is 387 g/mol. The van der Waals surface area contributed by atoms with Gasteiger partial charge < -0.3 is 25.4 Å². The number of carbonyl (C=O) groups excluding carboxylic acids is 2. The van der Waals surface area contributed by atoms with E-state index in [2.05, 4.69) is 16.0 Å². The zero-order chi connectivity index (χ0) is 20.3. The van der Waals surface area contributed by atoms with E-state index in [1.54, 1.807) is 12.1 Å². The van der Waals surface area contributed by atoms with Crippen molar-refractivity contribution in [3.63, 3.8) is 0 Å². The predicted molar refractivity (Wildman–Crippen MR) is 104 cm³/mol. The lowest BCUT2D eigenvalue weighted by atomic mass is 9.99. The molecular formula is C20H22FN3O4. The fourth-order valence-corrected chi connectivity index (χ4v) is 3.20. The first kappa shape index (κ1) is 19.6. The molecule has 28 heavy (non-hydrogen) atoms. The molecule has 7 nitrogen and oxygen atoms in total. The molecule has 0 radical (unpaired) electrons. The van der Waals surface area contributed by atoms with E-state index in [0.717, 1.165) is 5.56 Å². The summed E-state index contributed by atoms with van der Waals surface area (Å²) in [4.78, 5) is 24.2. The standard InChI is InChI=1S/C20H22FN3O4/c1-11(25)23-16-8-13(9-17(27-2)19(16)28-3)20(26)24-15-5-4-12-10-22-7-6-14(12)18(15)21/h4-5,8-9,22H,6-7,10H2,1-3H3,(H,23,25)(H,24,26). The number of ether oxygens (including phenoxy) is 2. The summed E-state index contributed by atoms with van der Waals surface area (Å²) < 4.78 is 25.3. The molecular weight excluding hydrogens is 365 g/mol. The van der Waals surface area contributed by atoms with Gasteiger partial charge in [-0.25, -0.2) is 4.39 Å². The van der Waals surface area contributed by atoms with Crippen LogP contribution < -0.4 is 25.4 Å². The Balaban J connectivity index is 1.93. The number of benzene rings is 2. The smallest absolute Gasteiger partial charge is 0.255 e. The summed E-state index contributed by atoms with van der Waals surface area (Å²) in [6, 6.07) is 6.28. The highest BCUT2D eigenvalue weighted by Gasteiger charge is 2.20. The molecule has 0 bridgehead atoms. The van der Waals surface area contributed by atoms with Gasteiger partial charge in [0.2, 0.25) is 5.91 Å². The molecule has 148 valence electrons. The topological polar surface area (TPSA) is 88.7 Å². The maximum atomic E-state index is 14.8. The van der Waals surface area contributed by atoms with Gasteiger partial charge in [0.05, 0.1) is 25.6 Å². The van der Waals surface area contributed by atoms with E-state index in [1.165, 1.54) is 33.3 Å². The Morgan fingerprint density at radius 3 is 2.57 bits per heavy atom. The quantitative estimate of drug-likeness (QED) is 0.734. The van der Waals surface area contributed by atoms with Gasteiger partial charge in [-0.05, 0) is 42.3 Å². The normalized spacial score (nSPS) is 12.7. The van der Waals surface area contributed by atoms with Gasteiger partial charge in [-0.15, -0.1) is 0 Å². The van der Waals surface area contributed by atoms with E-state index >= 15 is 0 Å². The van der Waals surface area contributed by atoms with Crippen LogP contribution in [0.3, 0.4) is 0 Å². The highest BCUT2D eigenvalue weighted by atomic mass is 19.1. The van der Waals surface area contributed by atoms with Crippen LogP contribution in [-0.2, 0) is 17.8 Å². The minimum Gasteiger partial charge on any atom is -0.493 e. The Labute approximate surface area is 162 Å². The number of hydrogen-bond acceptors (Lipinski definition) is 5. The molecule has 2 aromatic carbocycles. The lowest BCUT2D eigenvalue weighted by Crippen LogP contribution is -2.25. The van der Waals surface area contributed by atoms with E-state index in [-0.39, 0.29) is 28.6 Å². The number of hydrogen-bond donors (Lipinski definition) is 3. The van der Waals surface area contributed by atoms with Crippen LogP contribution in [0.5, 0.6) is 11.5 Å². The largest absolute Gasteiger partial charge is 0.493 e. The second-order valence-electron chi connectivity index (χ2n) is 6.39. The predicted octanol–water partition coefficient (Wildman–Crippen LogP) is 2.70. The van der Waals surface area contributed by atoms with Crippen molar-refractivity contribution in [3.8, 4) is 11.5 Å². The molecule has 8 heteroatoms. The number of halogens is 1. The van der Waals surface area contributed by atoms with Crippen LogP contribution in [0.1, 0.15) is 28.4 Å². The Bertz CT molecular complexity index is 930. The van der Waals surface area contributed by atoms with Gasteiger partial charge >= 0.3 is 0 Å². The van der Waals surface area contributed by atoms with E-state index in [1.807, 2.05) is 0 Å².